The molecule has 1 rings (SSSR count). The summed E-state index contributed by atoms with van der Waals surface area (Å²) in [7, 11) is 0. The van der Waals surface area contributed by atoms with Crippen molar-refractivity contribution in [3.63, 3.8) is 0 Å². The van der Waals surface area contributed by atoms with E-state index in [-0.39, 0.29) is 12.2 Å². The highest BCUT2D eigenvalue weighted by Gasteiger charge is 2.27. The molecular weight excluding hydrogens is 400 g/mol. The Morgan fingerprint density at radius 2 is 1.63 bits per heavy atom. The smallest absolute Gasteiger partial charge is 0.328 e. The Hall–Kier alpha value is -3.22. The lowest BCUT2D eigenvalue weighted by Gasteiger charge is -2.22. The van der Waals surface area contributed by atoms with Crippen LogP contribution in [-0.4, -0.2) is 81.5 Å². The molecule has 12 nitrogen and oxygen atoms in total. The number of carboxylic acids is 1. The molecule has 1 aromatic rings. The average molecular weight is 426 g/mol. The quantitative estimate of drug-likeness (QED) is 0.179. The third-order valence-electron chi connectivity index (χ3n) is 4.07. The molecule has 0 heterocycles. The summed E-state index contributed by atoms with van der Waals surface area (Å²) in [5.74, 6) is -3.85. The van der Waals surface area contributed by atoms with Gasteiger partial charge >= 0.3 is 5.97 Å². The molecule has 166 valence electrons. The molecule has 0 aliphatic heterocycles. The van der Waals surface area contributed by atoms with Crippen LogP contribution < -0.4 is 21.7 Å². The van der Waals surface area contributed by atoms with Crippen molar-refractivity contribution < 1.29 is 39.6 Å². The number of nitrogens with two attached hydrogens (primary N) is 1. The average Bonchev–Trinajstić information content (AvgIpc) is 2.70. The van der Waals surface area contributed by atoms with E-state index >= 15 is 0 Å². The van der Waals surface area contributed by atoms with Gasteiger partial charge in [0.1, 0.15) is 23.9 Å². The summed E-state index contributed by atoms with van der Waals surface area (Å²) in [4.78, 5) is 47.3. The Morgan fingerprint density at radius 3 is 2.13 bits per heavy atom. The van der Waals surface area contributed by atoms with E-state index in [4.69, 9.17) is 15.9 Å². The van der Waals surface area contributed by atoms with Crippen LogP contribution in [0.15, 0.2) is 24.3 Å². The van der Waals surface area contributed by atoms with Gasteiger partial charge in [0.25, 0.3) is 0 Å². The van der Waals surface area contributed by atoms with E-state index in [1.165, 1.54) is 31.2 Å². The number of aliphatic hydroxyl groups is 2. The van der Waals surface area contributed by atoms with Crippen LogP contribution >= 0.6 is 0 Å². The van der Waals surface area contributed by atoms with Gasteiger partial charge in [0.05, 0.1) is 19.3 Å². The second-order valence-corrected chi connectivity index (χ2v) is 6.56. The molecule has 9 N–H and O–H groups in total. The van der Waals surface area contributed by atoms with Gasteiger partial charge < -0.3 is 42.1 Å². The number of aromatic hydroxyl groups is 1. The molecular formula is C18H26N4O8. The summed E-state index contributed by atoms with van der Waals surface area (Å²) >= 11 is 0. The summed E-state index contributed by atoms with van der Waals surface area (Å²) in [6, 6.07) is 1.86. The van der Waals surface area contributed by atoms with Crippen molar-refractivity contribution in [3.05, 3.63) is 29.8 Å². The molecule has 0 bridgehead atoms. The topological polar surface area (TPSA) is 211 Å². The molecule has 1 aromatic carbocycles. The molecule has 12 heteroatoms. The zero-order valence-electron chi connectivity index (χ0n) is 16.2. The number of rotatable bonds is 11. The predicted molar refractivity (Wildman–Crippen MR) is 103 cm³/mol. The number of benzene rings is 1. The minimum atomic E-state index is -1.52. The largest absolute Gasteiger partial charge is 0.508 e. The first-order valence-corrected chi connectivity index (χ1v) is 8.97. The highest BCUT2D eigenvalue weighted by molar-refractivity contribution is 5.92. The molecule has 4 unspecified atom stereocenters. The van der Waals surface area contributed by atoms with Gasteiger partial charge in [0.15, 0.2) is 0 Å². The maximum atomic E-state index is 12.5. The third kappa shape index (κ3) is 8.03. The van der Waals surface area contributed by atoms with Gasteiger partial charge in [-0.05, 0) is 24.6 Å². The summed E-state index contributed by atoms with van der Waals surface area (Å²) in [6.07, 6.45) is -1.18. The third-order valence-corrected chi connectivity index (χ3v) is 4.07. The van der Waals surface area contributed by atoms with Crippen molar-refractivity contribution in [2.24, 2.45) is 5.73 Å². The predicted octanol–water partition coefficient (Wildman–Crippen LogP) is -3.19. The summed E-state index contributed by atoms with van der Waals surface area (Å²) < 4.78 is 0. The number of amides is 3. The number of hydrogen-bond donors (Lipinski definition) is 8. The first-order chi connectivity index (χ1) is 14.0. The van der Waals surface area contributed by atoms with Crippen LogP contribution in [0.1, 0.15) is 12.5 Å². The highest BCUT2D eigenvalue weighted by Crippen LogP contribution is 2.11. The zero-order chi connectivity index (χ0) is 22.8. The van der Waals surface area contributed by atoms with Gasteiger partial charge in [0, 0.05) is 6.42 Å². The van der Waals surface area contributed by atoms with Gasteiger partial charge in [-0.15, -0.1) is 0 Å². The fourth-order valence-corrected chi connectivity index (χ4v) is 2.29. The van der Waals surface area contributed by atoms with Crippen molar-refractivity contribution in [1.29, 1.82) is 0 Å². The lowest BCUT2D eigenvalue weighted by Crippen LogP contribution is -2.56. The number of aliphatic hydroxyl groups excluding tert-OH is 2. The molecule has 3 amide bonds. The number of phenols is 1. The fraction of sp³-hybridized carbons (Fsp3) is 0.444. The van der Waals surface area contributed by atoms with Crippen molar-refractivity contribution in [2.45, 2.75) is 37.6 Å². The van der Waals surface area contributed by atoms with Crippen LogP contribution in [-0.2, 0) is 25.6 Å². The van der Waals surface area contributed by atoms with E-state index in [0.29, 0.717) is 5.56 Å². The monoisotopic (exact) mass is 426 g/mol. The van der Waals surface area contributed by atoms with Crippen LogP contribution in [0.2, 0.25) is 0 Å². The van der Waals surface area contributed by atoms with E-state index in [2.05, 4.69) is 10.6 Å². The highest BCUT2D eigenvalue weighted by atomic mass is 16.4. The van der Waals surface area contributed by atoms with Crippen LogP contribution in [0.4, 0.5) is 0 Å². The molecule has 0 aromatic heterocycles. The van der Waals surface area contributed by atoms with Gasteiger partial charge in [-0.25, -0.2) is 4.79 Å². The molecule has 0 aliphatic rings. The second-order valence-electron chi connectivity index (χ2n) is 6.56. The lowest BCUT2D eigenvalue weighted by molar-refractivity contribution is -0.142. The van der Waals surface area contributed by atoms with Gasteiger partial charge in [-0.1, -0.05) is 12.1 Å². The fourth-order valence-electron chi connectivity index (χ4n) is 2.29. The normalized spacial score (nSPS) is 14.7. The van der Waals surface area contributed by atoms with Gasteiger partial charge in [-0.2, -0.15) is 0 Å². The molecule has 0 spiro atoms. The number of carbonyl (C=O) groups is 4. The number of carbonyl (C=O) groups excluding carboxylic acids is 3. The SMILES string of the molecule is CC(O)C(N)C(=O)NC(Cc1ccc(O)cc1)C(=O)NCC(=O)NC(CO)C(=O)O. The number of nitrogens with one attached hydrogen (secondary N) is 3. The van der Waals surface area contributed by atoms with Crippen LogP contribution in [0.25, 0.3) is 0 Å². The van der Waals surface area contributed by atoms with Gasteiger partial charge in [0.2, 0.25) is 17.7 Å². The maximum Gasteiger partial charge on any atom is 0.328 e. The number of aliphatic carboxylic acids is 1. The molecule has 0 radical (unpaired) electrons. The second kappa shape index (κ2) is 11.7. The van der Waals surface area contributed by atoms with Gasteiger partial charge in [-0.3, -0.25) is 14.4 Å². The number of carboxylic acid groups (broad SMARTS) is 1. The molecule has 0 saturated carbocycles. The Bertz CT molecular complexity index is 753. The molecule has 4 atom stereocenters. The summed E-state index contributed by atoms with van der Waals surface area (Å²) in [5, 5.41) is 43.2. The minimum absolute atomic E-state index is 0.00783. The van der Waals surface area contributed by atoms with E-state index in [1.807, 2.05) is 5.32 Å². The Labute approximate surface area is 172 Å². The van der Waals surface area contributed by atoms with Crippen LogP contribution in [0.3, 0.4) is 0 Å². The van der Waals surface area contributed by atoms with Crippen LogP contribution in [0.5, 0.6) is 5.75 Å². The first kappa shape index (κ1) is 24.8. The molecule has 0 fully saturated rings. The molecule has 0 saturated heterocycles. The van der Waals surface area contributed by atoms with E-state index in [9.17, 15) is 29.4 Å². The number of hydrogen-bond acceptors (Lipinski definition) is 8. The van der Waals surface area contributed by atoms with Crippen molar-refractivity contribution in [3.8, 4) is 5.75 Å². The van der Waals surface area contributed by atoms with E-state index < -0.39 is 61.1 Å². The zero-order valence-corrected chi connectivity index (χ0v) is 16.2. The van der Waals surface area contributed by atoms with Crippen molar-refractivity contribution in [1.82, 2.24) is 16.0 Å². The Morgan fingerprint density at radius 1 is 1.03 bits per heavy atom. The minimum Gasteiger partial charge on any atom is -0.508 e. The first-order valence-electron chi connectivity index (χ1n) is 8.97. The summed E-state index contributed by atoms with van der Waals surface area (Å²) in [6.45, 7) is -0.123. The van der Waals surface area contributed by atoms with Crippen LogP contribution in [0, 0.1) is 0 Å². The Balaban J connectivity index is 2.82. The standard InChI is InChI=1S/C18H26N4O8/c1-9(24)15(19)17(28)22-12(6-10-2-4-11(25)5-3-10)16(27)20-7-14(26)21-13(8-23)18(29)30/h2-5,9,12-13,15,23-25H,6-8,19H2,1H3,(H,20,27)(H,21,26)(H,22,28)(H,29,30). The van der Waals surface area contributed by atoms with Crippen molar-refractivity contribution >= 4 is 23.7 Å². The maximum absolute atomic E-state index is 12.5. The van der Waals surface area contributed by atoms with E-state index in [1.54, 1.807) is 0 Å². The Kier molecular flexibility index (Phi) is 9.68. The lowest BCUT2D eigenvalue weighted by atomic mass is 10.0. The van der Waals surface area contributed by atoms with Crippen molar-refractivity contribution in [2.75, 3.05) is 13.2 Å². The molecule has 0 aliphatic carbocycles. The molecule has 30 heavy (non-hydrogen) atoms. The summed E-state index contributed by atoms with van der Waals surface area (Å²) in [5.41, 5.74) is 6.15. The number of phenolic OH excluding ortho intramolecular Hbond substituents is 1. The van der Waals surface area contributed by atoms with E-state index in [0.717, 1.165) is 0 Å².